The van der Waals surface area contributed by atoms with Crippen molar-refractivity contribution in [2.24, 2.45) is 0 Å². The van der Waals surface area contributed by atoms with Crippen molar-refractivity contribution in [3.63, 3.8) is 0 Å². The highest BCUT2D eigenvalue weighted by Gasteiger charge is 2.23. The minimum Gasteiger partial charge on any atom is -0.444 e. The van der Waals surface area contributed by atoms with Crippen LogP contribution in [0, 0.1) is 5.95 Å². The molecule has 0 saturated heterocycles. The number of ether oxygens (including phenoxy) is 1. The minimum absolute atomic E-state index is 0.301. The molecule has 2 heterocycles. The van der Waals surface area contributed by atoms with Gasteiger partial charge in [0.05, 0.1) is 0 Å². The minimum atomic E-state index is -0.486. The summed E-state index contributed by atoms with van der Waals surface area (Å²) < 4.78 is 18.1. The van der Waals surface area contributed by atoms with Crippen molar-refractivity contribution in [3.8, 4) is 0 Å². The van der Waals surface area contributed by atoms with E-state index in [0.29, 0.717) is 19.5 Å². The molecule has 1 aliphatic rings. The SMILES string of the molecule is CC(C)(C)OC(=O)N1CC=C(c2ccc(F)nc2)CC1. The van der Waals surface area contributed by atoms with Gasteiger partial charge in [0, 0.05) is 19.3 Å². The van der Waals surface area contributed by atoms with E-state index in [2.05, 4.69) is 4.98 Å². The predicted octanol–water partition coefficient (Wildman–Crippen LogP) is 3.24. The summed E-state index contributed by atoms with van der Waals surface area (Å²) in [6.45, 7) is 6.64. The molecule has 1 aliphatic heterocycles. The highest BCUT2D eigenvalue weighted by Crippen LogP contribution is 2.22. The van der Waals surface area contributed by atoms with Gasteiger partial charge in [-0.3, -0.25) is 0 Å². The van der Waals surface area contributed by atoms with Crippen molar-refractivity contribution in [1.29, 1.82) is 0 Å². The fourth-order valence-electron chi connectivity index (χ4n) is 1.99. The summed E-state index contributed by atoms with van der Waals surface area (Å²) >= 11 is 0. The van der Waals surface area contributed by atoms with Crippen LogP contribution < -0.4 is 0 Å². The smallest absolute Gasteiger partial charge is 0.410 e. The molecular weight excluding hydrogens is 259 g/mol. The monoisotopic (exact) mass is 278 g/mol. The maximum Gasteiger partial charge on any atom is 0.410 e. The first-order valence-electron chi connectivity index (χ1n) is 6.64. The predicted molar refractivity (Wildman–Crippen MR) is 74.6 cm³/mol. The number of carbonyl (C=O) groups is 1. The van der Waals surface area contributed by atoms with Crippen molar-refractivity contribution < 1.29 is 13.9 Å². The highest BCUT2D eigenvalue weighted by molar-refractivity contribution is 5.72. The number of amides is 1. The van der Waals surface area contributed by atoms with E-state index in [1.54, 1.807) is 11.0 Å². The summed E-state index contributed by atoms with van der Waals surface area (Å²) in [5, 5.41) is 0. The van der Waals surface area contributed by atoms with E-state index in [9.17, 15) is 9.18 Å². The molecule has 20 heavy (non-hydrogen) atoms. The maximum absolute atomic E-state index is 12.8. The van der Waals surface area contributed by atoms with Crippen LogP contribution in [-0.2, 0) is 4.74 Å². The van der Waals surface area contributed by atoms with Gasteiger partial charge in [-0.1, -0.05) is 6.08 Å². The van der Waals surface area contributed by atoms with Crippen molar-refractivity contribution in [2.45, 2.75) is 32.8 Å². The Morgan fingerprint density at radius 2 is 2.15 bits per heavy atom. The Bertz CT molecular complexity index is 518. The first kappa shape index (κ1) is 14.5. The Labute approximate surface area is 118 Å². The fourth-order valence-corrected chi connectivity index (χ4v) is 1.99. The molecule has 0 aliphatic carbocycles. The van der Waals surface area contributed by atoms with E-state index in [-0.39, 0.29) is 6.09 Å². The Morgan fingerprint density at radius 1 is 1.40 bits per heavy atom. The van der Waals surface area contributed by atoms with Crippen LogP contribution in [-0.4, -0.2) is 34.7 Å². The largest absolute Gasteiger partial charge is 0.444 e. The number of hydrogen-bond donors (Lipinski definition) is 0. The molecule has 0 spiro atoms. The first-order chi connectivity index (χ1) is 9.35. The quantitative estimate of drug-likeness (QED) is 0.741. The summed E-state index contributed by atoms with van der Waals surface area (Å²) in [6, 6.07) is 3.05. The lowest BCUT2D eigenvalue weighted by Gasteiger charge is -2.29. The molecule has 4 nitrogen and oxygen atoms in total. The number of carbonyl (C=O) groups excluding carboxylic acids is 1. The molecule has 108 valence electrons. The van der Waals surface area contributed by atoms with E-state index in [4.69, 9.17) is 4.74 Å². The third-order valence-electron chi connectivity index (χ3n) is 2.96. The van der Waals surface area contributed by atoms with Gasteiger partial charge in [-0.15, -0.1) is 0 Å². The second kappa shape index (κ2) is 5.61. The van der Waals surface area contributed by atoms with Crippen molar-refractivity contribution in [3.05, 3.63) is 35.9 Å². The topological polar surface area (TPSA) is 42.4 Å². The normalized spacial score (nSPS) is 15.8. The molecule has 0 fully saturated rings. The standard InChI is InChI=1S/C15H19FN2O2/c1-15(2,3)20-14(19)18-8-6-11(7-9-18)12-4-5-13(16)17-10-12/h4-6,10H,7-9H2,1-3H3. The average molecular weight is 278 g/mol. The van der Waals surface area contributed by atoms with Crippen molar-refractivity contribution in [1.82, 2.24) is 9.88 Å². The van der Waals surface area contributed by atoms with Crippen molar-refractivity contribution in [2.75, 3.05) is 13.1 Å². The van der Waals surface area contributed by atoms with Crippen LogP contribution in [0.2, 0.25) is 0 Å². The van der Waals surface area contributed by atoms with E-state index < -0.39 is 11.5 Å². The lowest BCUT2D eigenvalue weighted by molar-refractivity contribution is 0.0270. The fraction of sp³-hybridized carbons (Fsp3) is 0.467. The second-order valence-electron chi connectivity index (χ2n) is 5.78. The second-order valence-corrected chi connectivity index (χ2v) is 5.78. The number of hydrogen-bond acceptors (Lipinski definition) is 3. The lowest BCUT2D eigenvalue weighted by Crippen LogP contribution is -2.39. The van der Waals surface area contributed by atoms with Gasteiger partial charge in [-0.2, -0.15) is 4.39 Å². The maximum atomic E-state index is 12.8. The van der Waals surface area contributed by atoms with Gasteiger partial charge >= 0.3 is 6.09 Å². The number of pyridine rings is 1. The van der Waals surface area contributed by atoms with Crippen LogP contribution in [0.15, 0.2) is 24.4 Å². The van der Waals surface area contributed by atoms with Gasteiger partial charge in [0.1, 0.15) is 5.60 Å². The van der Waals surface area contributed by atoms with Gasteiger partial charge in [0.15, 0.2) is 0 Å². The van der Waals surface area contributed by atoms with Gasteiger partial charge in [0.2, 0.25) is 5.95 Å². The van der Waals surface area contributed by atoms with Gasteiger partial charge in [0.25, 0.3) is 0 Å². The van der Waals surface area contributed by atoms with Crippen LogP contribution >= 0.6 is 0 Å². The molecule has 0 saturated carbocycles. The summed E-state index contributed by atoms with van der Waals surface area (Å²) in [5.74, 6) is -0.486. The summed E-state index contributed by atoms with van der Waals surface area (Å²) in [5.41, 5.74) is 1.50. The van der Waals surface area contributed by atoms with Crippen molar-refractivity contribution >= 4 is 11.7 Å². The van der Waals surface area contributed by atoms with Crippen LogP contribution in [0.4, 0.5) is 9.18 Å². The molecule has 0 bridgehead atoms. The zero-order chi connectivity index (χ0) is 14.8. The molecule has 1 aromatic heterocycles. The third-order valence-corrected chi connectivity index (χ3v) is 2.96. The van der Waals surface area contributed by atoms with Crippen LogP contribution in [0.3, 0.4) is 0 Å². The summed E-state index contributed by atoms with van der Waals surface area (Å²) in [7, 11) is 0. The number of nitrogens with zero attached hydrogens (tertiary/aromatic N) is 2. The number of halogens is 1. The highest BCUT2D eigenvalue weighted by atomic mass is 19.1. The Kier molecular flexibility index (Phi) is 4.06. The molecule has 1 aromatic rings. The van der Waals surface area contributed by atoms with E-state index >= 15 is 0 Å². The lowest BCUT2D eigenvalue weighted by atomic mass is 10.0. The number of aromatic nitrogens is 1. The zero-order valence-electron chi connectivity index (χ0n) is 12.0. The summed E-state index contributed by atoms with van der Waals surface area (Å²) in [4.78, 5) is 17.2. The van der Waals surface area contributed by atoms with E-state index in [0.717, 1.165) is 11.1 Å². The Hall–Kier alpha value is -1.91. The van der Waals surface area contributed by atoms with Gasteiger partial charge in [-0.25, -0.2) is 9.78 Å². The van der Waals surface area contributed by atoms with E-state index in [1.165, 1.54) is 12.3 Å². The van der Waals surface area contributed by atoms with Crippen LogP contribution in [0.5, 0.6) is 0 Å². The van der Waals surface area contributed by atoms with Crippen LogP contribution in [0.1, 0.15) is 32.8 Å². The molecule has 2 rings (SSSR count). The molecule has 0 N–H and O–H groups in total. The Morgan fingerprint density at radius 3 is 2.65 bits per heavy atom. The average Bonchev–Trinajstić information content (AvgIpc) is 2.38. The molecule has 0 atom stereocenters. The molecule has 5 heteroatoms. The summed E-state index contributed by atoms with van der Waals surface area (Å²) in [6.07, 6.45) is 3.89. The third kappa shape index (κ3) is 3.79. The zero-order valence-corrected chi connectivity index (χ0v) is 12.0. The van der Waals surface area contributed by atoms with E-state index in [1.807, 2.05) is 26.8 Å². The first-order valence-corrected chi connectivity index (χ1v) is 6.64. The molecular formula is C15H19FN2O2. The van der Waals surface area contributed by atoms with Gasteiger partial charge in [-0.05, 0) is 50.5 Å². The molecule has 0 radical (unpaired) electrons. The molecule has 1 amide bonds. The number of rotatable bonds is 1. The molecule has 0 unspecified atom stereocenters. The van der Waals surface area contributed by atoms with Gasteiger partial charge < -0.3 is 9.64 Å². The molecule has 0 aromatic carbocycles. The van der Waals surface area contributed by atoms with Crippen LogP contribution in [0.25, 0.3) is 5.57 Å². The Balaban J connectivity index is 2.00.